The Bertz CT molecular complexity index is 620. The van der Waals surface area contributed by atoms with Gasteiger partial charge in [-0.3, -0.25) is 4.79 Å². The zero-order valence-corrected chi connectivity index (χ0v) is 17.5. The molecule has 1 heterocycles. The highest BCUT2D eigenvalue weighted by Gasteiger charge is 2.23. The van der Waals surface area contributed by atoms with Crippen molar-refractivity contribution in [1.29, 1.82) is 0 Å². The van der Waals surface area contributed by atoms with Crippen LogP contribution in [-0.4, -0.2) is 31.3 Å². The molecule has 152 valence electrons. The Hall–Kier alpha value is -1.26. The Kier molecular flexibility index (Phi) is 8.91. The van der Waals surface area contributed by atoms with Crippen LogP contribution in [0, 0.1) is 0 Å². The molecule has 1 aliphatic carbocycles. The van der Waals surface area contributed by atoms with Gasteiger partial charge in [-0.05, 0) is 68.7 Å². The van der Waals surface area contributed by atoms with E-state index in [1.54, 1.807) is 0 Å². The highest BCUT2D eigenvalue weighted by molar-refractivity contribution is 5.85. The predicted octanol–water partition coefficient (Wildman–Crippen LogP) is 4.39. The van der Waals surface area contributed by atoms with E-state index in [9.17, 15) is 4.79 Å². The van der Waals surface area contributed by atoms with Crippen LogP contribution in [0.2, 0.25) is 0 Å². The third-order valence-corrected chi connectivity index (χ3v) is 5.58. The number of hydrogen-bond donors (Lipinski definition) is 1. The summed E-state index contributed by atoms with van der Waals surface area (Å²) in [6.07, 6.45) is 9.50. The van der Waals surface area contributed by atoms with Crippen molar-refractivity contribution < 1.29 is 14.3 Å². The first kappa shape index (κ1) is 22.0. The number of hydrogen-bond acceptors (Lipinski definition) is 4. The number of nitrogens with one attached hydrogen (secondary N) is 1. The fraction of sp³-hybridized carbons (Fsp3) is 0.682. The maximum Gasteiger partial charge on any atom is 0.305 e. The largest absolute Gasteiger partial charge is 0.493 e. The average Bonchev–Trinajstić information content (AvgIpc) is 3.07. The van der Waals surface area contributed by atoms with Crippen molar-refractivity contribution in [3.05, 3.63) is 28.8 Å². The summed E-state index contributed by atoms with van der Waals surface area (Å²) in [6, 6.07) is 5.75. The summed E-state index contributed by atoms with van der Waals surface area (Å²) in [5.41, 5.74) is 4.39. The van der Waals surface area contributed by atoms with Crippen molar-refractivity contribution in [2.75, 3.05) is 13.2 Å². The van der Waals surface area contributed by atoms with Crippen LogP contribution < -0.4 is 10.1 Å². The molecule has 0 saturated heterocycles. The molecule has 0 radical (unpaired) electrons. The Morgan fingerprint density at radius 1 is 1.22 bits per heavy atom. The highest BCUT2D eigenvalue weighted by Crippen LogP contribution is 2.32. The Labute approximate surface area is 169 Å². The smallest absolute Gasteiger partial charge is 0.305 e. The molecular formula is C22H34ClNO3. The minimum atomic E-state index is -0.0602. The number of carbonyl (C=O) groups excluding carboxylic acids is 1. The maximum atomic E-state index is 11.3. The lowest BCUT2D eigenvalue weighted by Gasteiger charge is -2.29. The number of benzene rings is 1. The molecule has 2 aliphatic rings. The minimum absolute atomic E-state index is 0. The molecule has 1 N–H and O–H groups in total. The van der Waals surface area contributed by atoms with Gasteiger partial charge in [-0.25, -0.2) is 0 Å². The lowest BCUT2D eigenvalue weighted by atomic mass is 9.86. The number of esters is 1. The monoisotopic (exact) mass is 395 g/mol. The molecule has 3 rings (SSSR count). The number of carbonyl (C=O) groups is 1. The van der Waals surface area contributed by atoms with Crippen LogP contribution in [0.15, 0.2) is 12.1 Å². The van der Waals surface area contributed by atoms with E-state index in [0.717, 1.165) is 44.5 Å². The lowest BCUT2D eigenvalue weighted by Crippen LogP contribution is -2.40. The second-order valence-electron chi connectivity index (χ2n) is 7.74. The minimum Gasteiger partial charge on any atom is -0.493 e. The second kappa shape index (κ2) is 10.9. The SMILES string of the molecule is CCOC(=O)CCCCCC(C)NC1CCc2cc3c(cc2C1)OCC3.Cl. The summed E-state index contributed by atoms with van der Waals surface area (Å²) in [7, 11) is 0. The standard InChI is InChI=1S/C22H33NO3.ClH/c1-3-25-22(24)8-6-4-5-7-16(2)23-20-10-9-17-13-18-11-12-26-21(18)15-19(17)14-20;/h13,15-16,20,23H,3-12,14H2,1-2H3;1H. The Morgan fingerprint density at radius 3 is 2.89 bits per heavy atom. The van der Waals surface area contributed by atoms with E-state index in [4.69, 9.17) is 9.47 Å². The van der Waals surface area contributed by atoms with Crippen LogP contribution in [-0.2, 0) is 28.8 Å². The third kappa shape index (κ3) is 6.39. The van der Waals surface area contributed by atoms with Crippen LogP contribution in [0.5, 0.6) is 5.75 Å². The number of unbranched alkanes of at least 4 members (excludes halogenated alkanes) is 2. The van der Waals surface area contributed by atoms with Gasteiger partial charge in [0.15, 0.2) is 0 Å². The summed E-state index contributed by atoms with van der Waals surface area (Å²) in [4.78, 5) is 11.3. The molecule has 4 nitrogen and oxygen atoms in total. The van der Waals surface area contributed by atoms with Gasteiger partial charge in [0, 0.05) is 24.9 Å². The first-order chi connectivity index (χ1) is 12.7. The highest BCUT2D eigenvalue weighted by atomic mass is 35.5. The molecule has 0 aromatic heterocycles. The van der Waals surface area contributed by atoms with E-state index in [1.807, 2.05) is 6.92 Å². The number of ether oxygens (including phenoxy) is 2. The molecule has 1 aromatic carbocycles. The van der Waals surface area contributed by atoms with Crippen LogP contribution in [0.1, 0.15) is 69.1 Å². The summed E-state index contributed by atoms with van der Waals surface area (Å²) in [6.45, 7) is 5.47. The number of aryl methyl sites for hydroxylation is 1. The Morgan fingerprint density at radius 2 is 2.07 bits per heavy atom. The van der Waals surface area contributed by atoms with Gasteiger partial charge in [0.2, 0.25) is 0 Å². The molecule has 0 saturated carbocycles. The molecule has 1 aromatic rings. The average molecular weight is 396 g/mol. The summed E-state index contributed by atoms with van der Waals surface area (Å²) in [5.74, 6) is 1.05. The first-order valence-electron chi connectivity index (χ1n) is 10.3. The molecule has 1 aliphatic heterocycles. The van der Waals surface area contributed by atoms with Gasteiger partial charge in [-0.15, -0.1) is 12.4 Å². The molecule has 27 heavy (non-hydrogen) atoms. The molecule has 2 unspecified atom stereocenters. The van der Waals surface area contributed by atoms with Gasteiger partial charge < -0.3 is 14.8 Å². The van der Waals surface area contributed by atoms with Gasteiger partial charge in [0.05, 0.1) is 13.2 Å². The van der Waals surface area contributed by atoms with Gasteiger partial charge >= 0.3 is 5.97 Å². The van der Waals surface area contributed by atoms with Crippen molar-refractivity contribution in [2.24, 2.45) is 0 Å². The van der Waals surface area contributed by atoms with Crippen LogP contribution >= 0.6 is 12.4 Å². The van der Waals surface area contributed by atoms with Crippen LogP contribution in [0.3, 0.4) is 0 Å². The predicted molar refractivity (Wildman–Crippen MR) is 111 cm³/mol. The summed E-state index contributed by atoms with van der Waals surface area (Å²) < 4.78 is 10.7. The van der Waals surface area contributed by atoms with Crippen LogP contribution in [0.4, 0.5) is 0 Å². The summed E-state index contributed by atoms with van der Waals surface area (Å²) in [5, 5.41) is 3.81. The Balaban J connectivity index is 0.00000261. The van der Waals surface area contributed by atoms with Gasteiger partial charge in [0.25, 0.3) is 0 Å². The van der Waals surface area contributed by atoms with Crippen molar-refractivity contribution in [3.63, 3.8) is 0 Å². The maximum absolute atomic E-state index is 11.3. The van der Waals surface area contributed by atoms with Gasteiger partial charge in [0.1, 0.15) is 5.75 Å². The van der Waals surface area contributed by atoms with E-state index in [1.165, 1.54) is 36.0 Å². The van der Waals surface area contributed by atoms with Crippen molar-refractivity contribution in [1.82, 2.24) is 5.32 Å². The quantitative estimate of drug-likeness (QED) is 0.497. The fourth-order valence-corrected chi connectivity index (χ4v) is 4.20. The lowest BCUT2D eigenvalue weighted by molar-refractivity contribution is -0.143. The normalized spacial score (nSPS) is 18.7. The van der Waals surface area contributed by atoms with Gasteiger partial charge in [-0.2, -0.15) is 0 Å². The van der Waals surface area contributed by atoms with E-state index in [0.29, 0.717) is 25.1 Å². The third-order valence-electron chi connectivity index (χ3n) is 5.58. The van der Waals surface area contributed by atoms with Gasteiger partial charge in [-0.1, -0.05) is 18.9 Å². The van der Waals surface area contributed by atoms with Crippen LogP contribution in [0.25, 0.3) is 0 Å². The molecule has 0 spiro atoms. The van der Waals surface area contributed by atoms with E-state index >= 15 is 0 Å². The molecule has 0 amide bonds. The molecule has 5 heteroatoms. The van der Waals surface area contributed by atoms with E-state index in [-0.39, 0.29) is 18.4 Å². The van der Waals surface area contributed by atoms with Crippen molar-refractivity contribution in [2.45, 2.75) is 83.7 Å². The first-order valence-corrected chi connectivity index (χ1v) is 10.3. The summed E-state index contributed by atoms with van der Waals surface area (Å²) >= 11 is 0. The fourth-order valence-electron chi connectivity index (χ4n) is 4.20. The topological polar surface area (TPSA) is 47.6 Å². The van der Waals surface area contributed by atoms with Crippen molar-refractivity contribution >= 4 is 18.4 Å². The molecule has 2 atom stereocenters. The molecule has 0 fully saturated rings. The van der Waals surface area contributed by atoms with Crippen molar-refractivity contribution in [3.8, 4) is 5.75 Å². The van der Waals surface area contributed by atoms with E-state index < -0.39 is 0 Å². The van der Waals surface area contributed by atoms with E-state index in [2.05, 4.69) is 24.4 Å². The zero-order valence-electron chi connectivity index (χ0n) is 16.7. The number of halogens is 1. The second-order valence-corrected chi connectivity index (χ2v) is 7.74. The number of fused-ring (bicyclic) bond motifs is 2. The zero-order chi connectivity index (χ0) is 18.4. The number of rotatable bonds is 9. The molecular weight excluding hydrogens is 362 g/mol. The molecule has 0 bridgehead atoms.